The van der Waals surface area contributed by atoms with Gasteiger partial charge in [-0.25, -0.2) is 4.68 Å². The molecule has 5 heteroatoms. The average molecular weight is 306 g/mol. The molecule has 0 saturated carbocycles. The fraction of sp³-hybridized carbons (Fsp3) is 0.438. The van der Waals surface area contributed by atoms with Gasteiger partial charge in [-0.3, -0.25) is 0 Å². The second-order valence-electron chi connectivity index (χ2n) is 5.19. The molecule has 0 unspecified atom stereocenters. The van der Waals surface area contributed by atoms with Crippen LogP contribution in [0.2, 0.25) is 5.02 Å². The molecule has 0 spiro atoms. The second kappa shape index (κ2) is 6.08. The first-order valence-electron chi connectivity index (χ1n) is 7.40. The van der Waals surface area contributed by atoms with Crippen molar-refractivity contribution in [1.82, 2.24) is 9.78 Å². The highest BCUT2D eigenvalue weighted by Gasteiger charge is 2.23. The molecule has 2 aromatic rings. The molecule has 0 bridgehead atoms. The van der Waals surface area contributed by atoms with Crippen molar-refractivity contribution in [2.75, 3.05) is 25.1 Å². The first-order chi connectivity index (χ1) is 10.2. The van der Waals surface area contributed by atoms with Gasteiger partial charge in [0.2, 0.25) is 0 Å². The van der Waals surface area contributed by atoms with Gasteiger partial charge in [0.1, 0.15) is 5.82 Å². The Kier molecular flexibility index (Phi) is 4.17. The van der Waals surface area contributed by atoms with E-state index < -0.39 is 0 Å². The lowest BCUT2D eigenvalue weighted by molar-refractivity contribution is 0.150. The van der Waals surface area contributed by atoms with Crippen molar-refractivity contribution in [3.8, 4) is 5.69 Å². The Morgan fingerprint density at radius 1 is 1.43 bits per heavy atom. The molecule has 1 aromatic carbocycles. The zero-order valence-electron chi connectivity index (χ0n) is 12.4. The third-order valence-electron chi connectivity index (χ3n) is 3.89. The van der Waals surface area contributed by atoms with Gasteiger partial charge in [-0.15, -0.1) is 0 Å². The highest BCUT2D eigenvalue weighted by atomic mass is 35.5. The summed E-state index contributed by atoms with van der Waals surface area (Å²) in [5.41, 5.74) is 4.53. The number of nitrogens with zero attached hydrogens (tertiary/aromatic N) is 2. The Hall–Kier alpha value is -1.52. The van der Waals surface area contributed by atoms with Gasteiger partial charge in [0.05, 0.1) is 18.0 Å². The van der Waals surface area contributed by atoms with E-state index in [2.05, 4.69) is 11.4 Å². The molecule has 1 aliphatic heterocycles. The summed E-state index contributed by atoms with van der Waals surface area (Å²) in [4.78, 5) is 0. The van der Waals surface area contributed by atoms with Gasteiger partial charge in [-0.05, 0) is 38.0 Å². The smallest absolute Gasteiger partial charge is 0.133 e. The normalized spacial score (nSPS) is 13.3. The zero-order chi connectivity index (χ0) is 14.8. The van der Waals surface area contributed by atoms with Crippen LogP contribution in [0.3, 0.4) is 0 Å². The maximum absolute atomic E-state index is 6.24. The zero-order valence-corrected chi connectivity index (χ0v) is 13.2. The average Bonchev–Trinajstić information content (AvgIpc) is 3.06. The van der Waals surface area contributed by atoms with E-state index >= 15 is 0 Å². The van der Waals surface area contributed by atoms with Gasteiger partial charge in [0, 0.05) is 30.2 Å². The lowest BCUT2D eigenvalue weighted by Crippen LogP contribution is -2.07. The molecular weight excluding hydrogens is 286 g/mol. The Bertz CT molecular complexity index is 651. The van der Waals surface area contributed by atoms with Crippen LogP contribution in [-0.4, -0.2) is 29.5 Å². The summed E-state index contributed by atoms with van der Waals surface area (Å²) in [6, 6.07) is 5.93. The van der Waals surface area contributed by atoms with Crippen LogP contribution in [-0.2, 0) is 17.6 Å². The van der Waals surface area contributed by atoms with E-state index in [1.807, 2.05) is 30.7 Å². The molecule has 112 valence electrons. The van der Waals surface area contributed by atoms with Crippen molar-refractivity contribution in [3.05, 3.63) is 40.0 Å². The number of fused-ring (bicyclic) bond motifs is 1. The van der Waals surface area contributed by atoms with Crippen molar-refractivity contribution in [1.29, 1.82) is 0 Å². The van der Waals surface area contributed by atoms with Crippen molar-refractivity contribution >= 4 is 17.4 Å². The third-order valence-corrected chi connectivity index (χ3v) is 4.30. The summed E-state index contributed by atoms with van der Waals surface area (Å²) < 4.78 is 7.46. The molecule has 0 aliphatic carbocycles. The Morgan fingerprint density at radius 2 is 2.29 bits per heavy atom. The summed E-state index contributed by atoms with van der Waals surface area (Å²) in [6.45, 7) is 6.47. The fourth-order valence-electron chi connectivity index (χ4n) is 2.76. The molecule has 1 aliphatic rings. The monoisotopic (exact) mass is 305 g/mol. The lowest BCUT2D eigenvalue weighted by Gasteiger charge is -2.10. The minimum absolute atomic E-state index is 0.717. The number of rotatable bonds is 5. The van der Waals surface area contributed by atoms with Crippen LogP contribution in [0.15, 0.2) is 18.2 Å². The van der Waals surface area contributed by atoms with Gasteiger partial charge in [-0.2, -0.15) is 5.10 Å². The van der Waals surface area contributed by atoms with E-state index in [9.17, 15) is 0 Å². The molecule has 4 nitrogen and oxygen atoms in total. The van der Waals surface area contributed by atoms with Crippen molar-refractivity contribution in [2.45, 2.75) is 26.7 Å². The third kappa shape index (κ3) is 2.65. The van der Waals surface area contributed by atoms with Gasteiger partial charge in [-0.1, -0.05) is 17.7 Å². The molecule has 0 atom stereocenters. The number of anilines is 1. The molecule has 21 heavy (non-hydrogen) atoms. The summed E-state index contributed by atoms with van der Waals surface area (Å²) in [6.07, 6.45) is 1.88. The molecule has 1 N–H and O–H groups in total. The van der Waals surface area contributed by atoms with Crippen LogP contribution in [0.4, 0.5) is 5.82 Å². The predicted octanol–water partition coefficient (Wildman–Crippen LogP) is 3.38. The largest absolute Gasteiger partial charge is 0.381 e. The topological polar surface area (TPSA) is 39.1 Å². The number of hydrogen-bond acceptors (Lipinski definition) is 3. The summed E-state index contributed by atoms with van der Waals surface area (Å²) >= 11 is 6.24. The SMILES string of the molecule is CCOCCc1nn(-c2cccc(Cl)c2C)c2c1CCN2. The van der Waals surface area contributed by atoms with Crippen LogP contribution < -0.4 is 5.32 Å². The van der Waals surface area contributed by atoms with E-state index in [1.165, 1.54) is 5.56 Å². The molecule has 2 heterocycles. The minimum atomic E-state index is 0.717. The van der Waals surface area contributed by atoms with Crippen molar-refractivity contribution in [2.24, 2.45) is 0 Å². The number of halogens is 1. The second-order valence-corrected chi connectivity index (χ2v) is 5.60. The summed E-state index contributed by atoms with van der Waals surface area (Å²) in [5.74, 6) is 1.10. The first kappa shape index (κ1) is 14.4. The molecule has 1 aromatic heterocycles. The van der Waals surface area contributed by atoms with Crippen LogP contribution >= 0.6 is 11.6 Å². The van der Waals surface area contributed by atoms with Crippen LogP contribution in [0, 0.1) is 6.92 Å². The van der Waals surface area contributed by atoms with Gasteiger partial charge < -0.3 is 10.1 Å². The molecule has 0 saturated heterocycles. The maximum atomic E-state index is 6.24. The highest BCUT2D eigenvalue weighted by Crippen LogP contribution is 2.31. The van der Waals surface area contributed by atoms with Crippen molar-refractivity contribution in [3.63, 3.8) is 0 Å². The minimum Gasteiger partial charge on any atom is -0.381 e. The number of nitrogens with one attached hydrogen (secondary N) is 1. The standard InChI is InChI=1S/C16H20ClN3O/c1-3-21-10-8-14-12-7-9-18-16(12)20(19-14)15-6-4-5-13(17)11(15)2/h4-6,18H,3,7-10H2,1-2H3. The van der Waals surface area contributed by atoms with E-state index in [-0.39, 0.29) is 0 Å². The fourth-order valence-corrected chi connectivity index (χ4v) is 2.93. The van der Waals surface area contributed by atoms with E-state index in [0.717, 1.165) is 53.8 Å². The quantitative estimate of drug-likeness (QED) is 0.861. The lowest BCUT2D eigenvalue weighted by atomic mass is 10.1. The van der Waals surface area contributed by atoms with E-state index in [0.29, 0.717) is 6.61 Å². The number of benzene rings is 1. The van der Waals surface area contributed by atoms with E-state index in [1.54, 1.807) is 0 Å². The number of aromatic nitrogens is 2. The Labute approximate surface area is 130 Å². The van der Waals surface area contributed by atoms with Gasteiger partial charge in [0.25, 0.3) is 0 Å². The highest BCUT2D eigenvalue weighted by molar-refractivity contribution is 6.31. The Balaban J connectivity index is 1.99. The Morgan fingerprint density at radius 3 is 3.10 bits per heavy atom. The molecule has 0 amide bonds. The molecular formula is C16H20ClN3O. The first-order valence-corrected chi connectivity index (χ1v) is 7.78. The van der Waals surface area contributed by atoms with Gasteiger partial charge >= 0.3 is 0 Å². The summed E-state index contributed by atoms with van der Waals surface area (Å²) in [7, 11) is 0. The van der Waals surface area contributed by atoms with Crippen LogP contribution in [0.1, 0.15) is 23.7 Å². The maximum Gasteiger partial charge on any atom is 0.133 e. The van der Waals surface area contributed by atoms with Crippen LogP contribution in [0.5, 0.6) is 0 Å². The summed E-state index contributed by atoms with van der Waals surface area (Å²) in [5, 5.41) is 9.00. The molecule has 0 fully saturated rings. The number of hydrogen-bond donors (Lipinski definition) is 1. The molecule has 3 rings (SSSR count). The molecule has 0 radical (unpaired) electrons. The van der Waals surface area contributed by atoms with Gasteiger partial charge in [0.15, 0.2) is 0 Å². The van der Waals surface area contributed by atoms with Crippen molar-refractivity contribution < 1.29 is 4.74 Å². The number of ether oxygens (including phenoxy) is 1. The predicted molar refractivity (Wildman–Crippen MR) is 85.7 cm³/mol. The van der Waals surface area contributed by atoms with Crippen LogP contribution in [0.25, 0.3) is 5.69 Å². The van der Waals surface area contributed by atoms with E-state index in [4.69, 9.17) is 21.4 Å².